The first-order chi connectivity index (χ1) is 9.49. The number of nitrogens with zero attached hydrogens (tertiary/aromatic N) is 2. The molecule has 1 aromatic carbocycles. The first kappa shape index (κ1) is 14.4. The molecule has 0 unspecified atom stereocenters. The lowest BCUT2D eigenvalue weighted by Crippen LogP contribution is -2.07. The van der Waals surface area contributed by atoms with E-state index in [1.807, 2.05) is 0 Å². The van der Waals surface area contributed by atoms with E-state index in [4.69, 9.17) is 9.84 Å². The number of aromatic carboxylic acids is 1. The molecule has 0 bridgehead atoms. The summed E-state index contributed by atoms with van der Waals surface area (Å²) in [5.41, 5.74) is 0.0957. The Balaban J connectivity index is 2.11. The van der Waals surface area contributed by atoms with Gasteiger partial charge in [0.25, 0.3) is 0 Å². The summed E-state index contributed by atoms with van der Waals surface area (Å²) in [5.74, 6) is -0.640. The van der Waals surface area contributed by atoms with Gasteiger partial charge in [-0.3, -0.25) is 4.57 Å². The largest absolute Gasteiger partial charge is 0.484 e. The molecule has 0 aliphatic heterocycles. The number of carbonyl (C=O) groups is 1. The molecule has 106 valence electrons. The van der Waals surface area contributed by atoms with Crippen LogP contribution in [0.3, 0.4) is 0 Å². The van der Waals surface area contributed by atoms with Gasteiger partial charge in [-0.05, 0) is 34.1 Å². The zero-order chi connectivity index (χ0) is 14.7. The molecule has 8 heteroatoms. The molecule has 0 spiro atoms. The van der Waals surface area contributed by atoms with Crippen molar-refractivity contribution < 1.29 is 23.4 Å². The Morgan fingerprint density at radius 3 is 2.85 bits per heavy atom. The second-order valence-corrected chi connectivity index (χ2v) is 4.62. The highest BCUT2D eigenvalue weighted by atomic mass is 79.9. The monoisotopic (exact) mass is 346 g/mol. The predicted octanol–water partition coefficient (Wildman–Crippen LogP) is 3.32. The van der Waals surface area contributed by atoms with E-state index in [1.54, 1.807) is 0 Å². The predicted molar refractivity (Wildman–Crippen MR) is 68.9 cm³/mol. The average molecular weight is 347 g/mol. The van der Waals surface area contributed by atoms with Crippen LogP contribution in [0.5, 0.6) is 5.75 Å². The van der Waals surface area contributed by atoms with Gasteiger partial charge in [-0.15, -0.1) is 0 Å². The number of hydrogen-bond donors (Lipinski definition) is 1. The van der Waals surface area contributed by atoms with Gasteiger partial charge in [0, 0.05) is 12.4 Å². The third-order valence-corrected chi connectivity index (χ3v) is 3.11. The Bertz CT molecular complexity index is 631. The third kappa shape index (κ3) is 3.13. The summed E-state index contributed by atoms with van der Waals surface area (Å²) in [5, 5.41) is 8.82. The van der Waals surface area contributed by atoms with E-state index < -0.39 is 12.5 Å². The average Bonchev–Trinajstić information content (AvgIpc) is 2.85. The van der Waals surface area contributed by atoms with Crippen LogP contribution in [0, 0.1) is 0 Å². The third-order valence-electron chi connectivity index (χ3n) is 2.49. The summed E-state index contributed by atoms with van der Waals surface area (Å²) in [6.45, 7) is -2.84. The summed E-state index contributed by atoms with van der Waals surface area (Å²) in [7, 11) is 0. The molecule has 2 rings (SSSR count). The van der Waals surface area contributed by atoms with Crippen LogP contribution >= 0.6 is 15.9 Å². The maximum absolute atomic E-state index is 12.6. The standard InChI is InChI=1S/C12H9BrF2N2O3/c13-8-5-7(11(18)19)1-2-9(8)20-6-10-16-3-4-17(10)12(14)15/h1-5,12H,6H2,(H,18,19). The Labute approximate surface area is 120 Å². The van der Waals surface area contributed by atoms with Crippen LogP contribution in [0.15, 0.2) is 35.1 Å². The number of hydrogen-bond acceptors (Lipinski definition) is 3. The Morgan fingerprint density at radius 2 is 2.25 bits per heavy atom. The van der Waals surface area contributed by atoms with E-state index in [9.17, 15) is 13.6 Å². The Morgan fingerprint density at radius 1 is 1.50 bits per heavy atom. The Hall–Kier alpha value is -1.96. The van der Waals surface area contributed by atoms with Gasteiger partial charge in [-0.2, -0.15) is 8.78 Å². The SMILES string of the molecule is O=C(O)c1ccc(OCc2nccn2C(F)F)c(Br)c1. The maximum atomic E-state index is 12.6. The van der Waals surface area contributed by atoms with Crippen molar-refractivity contribution in [1.29, 1.82) is 0 Å². The molecule has 1 heterocycles. The molecule has 20 heavy (non-hydrogen) atoms. The van der Waals surface area contributed by atoms with E-state index in [1.165, 1.54) is 24.4 Å². The van der Waals surface area contributed by atoms with Crippen LogP contribution in [0.25, 0.3) is 0 Å². The Kier molecular flexibility index (Phi) is 4.33. The molecule has 5 nitrogen and oxygen atoms in total. The van der Waals surface area contributed by atoms with Gasteiger partial charge in [0.15, 0.2) is 5.82 Å². The highest BCUT2D eigenvalue weighted by Crippen LogP contribution is 2.27. The molecular weight excluding hydrogens is 338 g/mol. The number of alkyl halides is 2. The van der Waals surface area contributed by atoms with Gasteiger partial charge < -0.3 is 9.84 Å². The van der Waals surface area contributed by atoms with Crippen LogP contribution in [0.4, 0.5) is 8.78 Å². The molecule has 0 saturated heterocycles. The van der Waals surface area contributed by atoms with Crippen molar-refractivity contribution in [2.75, 3.05) is 0 Å². The molecule has 0 aliphatic rings. The number of imidazole rings is 1. The summed E-state index contributed by atoms with van der Waals surface area (Å²) < 4.78 is 31.7. The van der Waals surface area contributed by atoms with Crippen molar-refractivity contribution in [3.8, 4) is 5.75 Å². The van der Waals surface area contributed by atoms with E-state index in [0.29, 0.717) is 14.8 Å². The second-order valence-electron chi connectivity index (χ2n) is 3.77. The minimum atomic E-state index is -2.69. The molecule has 1 aromatic heterocycles. The maximum Gasteiger partial charge on any atom is 0.335 e. The normalized spacial score (nSPS) is 10.8. The summed E-state index contributed by atoms with van der Waals surface area (Å²) in [6.07, 6.45) is 2.42. The number of aromatic nitrogens is 2. The van der Waals surface area contributed by atoms with Gasteiger partial charge in [0.05, 0.1) is 10.0 Å². The highest BCUT2D eigenvalue weighted by Gasteiger charge is 2.13. The topological polar surface area (TPSA) is 64.3 Å². The number of carboxylic acid groups (broad SMARTS) is 1. The van der Waals surface area contributed by atoms with Crippen LogP contribution in [-0.2, 0) is 6.61 Å². The zero-order valence-corrected chi connectivity index (χ0v) is 11.5. The fraction of sp³-hybridized carbons (Fsp3) is 0.167. The number of rotatable bonds is 5. The van der Waals surface area contributed by atoms with E-state index in [2.05, 4.69) is 20.9 Å². The summed E-state index contributed by atoms with van der Waals surface area (Å²) in [6, 6.07) is 4.18. The fourth-order valence-electron chi connectivity index (χ4n) is 1.53. The second kappa shape index (κ2) is 6.00. The fourth-order valence-corrected chi connectivity index (χ4v) is 2.02. The van der Waals surface area contributed by atoms with Crippen molar-refractivity contribution in [3.05, 3.63) is 46.5 Å². The summed E-state index contributed by atoms with van der Waals surface area (Å²) >= 11 is 3.16. The van der Waals surface area contributed by atoms with E-state index in [0.717, 1.165) is 6.20 Å². The summed E-state index contributed by atoms with van der Waals surface area (Å²) in [4.78, 5) is 14.5. The minimum absolute atomic E-state index is 0.0780. The molecule has 2 aromatic rings. The lowest BCUT2D eigenvalue weighted by Gasteiger charge is -2.10. The molecule has 0 fully saturated rings. The lowest BCUT2D eigenvalue weighted by atomic mass is 10.2. The van der Waals surface area contributed by atoms with Crippen LogP contribution in [-0.4, -0.2) is 20.6 Å². The van der Waals surface area contributed by atoms with Gasteiger partial charge in [-0.25, -0.2) is 9.78 Å². The van der Waals surface area contributed by atoms with Crippen molar-refractivity contribution >= 4 is 21.9 Å². The van der Waals surface area contributed by atoms with Crippen LogP contribution < -0.4 is 4.74 Å². The van der Waals surface area contributed by atoms with E-state index in [-0.39, 0.29) is 18.0 Å². The molecule has 0 saturated carbocycles. The number of benzene rings is 1. The molecule has 1 N–H and O–H groups in total. The van der Waals surface area contributed by atoms with Gasteiger partial charge in [0.2, 0.25) is 0 Å². The molecule has 0 atom stereocenters. The molecule has 0 aliphatic carbocycles. The molecule has 0 radical (unpaired) electrons. The lowest BCUT2D eigenvalue weighted by molar-refractivity contribution is 0.0630. The smallest absolute Gasteiger partial charge is 0.335 e. The first-order valence-electron chi connectivity index (χ1n) is 5.44. The van der Waals surface area contributed by atoms with Crippen LogP contribution in [0.2, 0.25) is 0 Å². The highest BCUT2D eigenvalue weighted by molar-refractivity contribution is 9.10. The van der Waals surface area contributed by atoms with Crippen LogP contribution in [0.1, 0.15) is 22.7 Å². The molecule has 0 amide bonds. The minimum Gasteiger partial charge on any atom is -0.484 e. The first-order valence-corrected chi connectivity index (χ1v) is 6.24. The quantitative estimate of drug-likeness (QED) is 0.901. The van der Waals surface area contributed by atoms with Crippen molar-refractivity contribution in [2.45, 2.75) is 13.2 Å². The number of ether oxygens (including phenoxy) is 1. The molecular formula is C12H9BrF2N2O3. The zero-order valence-electron chi connectivity index (χ0n) is 9.96. The van der Waals surface area contributed by atoms with Crippen molar-refractivity contribution in [2.24, 2.45) is 0 Å². The van der Waals surface area contributed by atoms with Gasteiger partial charge >= 0.3 is 12.5 Å². The number of carboxylic acids is 1. The van der Waals surface area contributed by atoms with E-state index >= 15 is 0 Å². The van der Waals surface area contributed by atoms with Crippen molar-refractivity contribution in [1.82, 2.24) is 9.55 Å². The van der Waals surface area contributed by atoms with Crippen molar-refractivity contribution in [3.63, 3.8) is 0 Å². The number of halogens is 3. The van der Waals surface area contributed by atoms with Gasteiger partial charge in [0.1, 0.15) is 12.4 Å². The van der Waals surface area contributed by atoms with Gasteiger partial charge in [-0.1, -0.05) is 0 Å².